The molecule has 0 amide bonds. The summed E-state index contributed by atoms with van der Waals surface area (Å²) in [5.74, 6) is 1.11. The first-order valence-electron chi connectivity index (χ1n) is 6.85. The summed E-state index contributed by atoms with van der Waals surface area (Å²) in [5, 5.41) is 20.7. The van der Waals surface area contributed by atoms with Crippen molar-refractivity contribution in [3.8, 4) is 6.07 Å². The van der Waals surface area contributed by atoms with Crippen molar-refractivity contribution in [3.63, 3.8) is 0 Å². The number of hydrogen-bond acceptors (Lipinski definition) is 3. The van der Waals surface area contributed by atoms with Gasteiger partial charge in [-0.05, 0) is 38.0 Å². The fraction of sp³-hybridized carbons (Fsp3) is 0.929. The molecule has 0 aromatic heterocycles. The Balaban J connectivity index is 1.93. The van der Waals surface area contributed by atoms with E-state index < -0.39 is 11.0 Å². The van der Waals surface area contributed by atoms with Crippen LogP contribution in [0.25, 0.3) is 0 Å². The van der Waals surface area contributed by atoms with Gasteiger partial charge in [-0.15, -0.1) is 0 Å². The van der Waals surface area contributed by atoms with E-state index in [2.05, 4.69) is 6.07 Å². The summed E-state index contributed by atoms with van der Waals surface area (Å²) in [6.07, 6.45) is 5.81. The monoisotopic (exact) mass is 235 g/mol. The molecule has 3 rings (SSSR count). The van der Waals surface area contributed by atoms with Gasteiger partial charge in [-0.1, -0.05) is 6.42 Å². The Morgan fingerprint density at radius 2 is 2.18 bits per heavy atom. The third-order valence-electron chi connectivity index (χ3n) is 5.42. The first-order chi connectivity index (χ1) is 8.10. The highest BCUT2D eigenvalue weighted by molar-refractivity contribution is 5.20. The van der Waals surface area contributed by atoms with Gasteiger partial charge < -0.3 is 9.84 Å². The summed E-state index contributed by atoms with van der Waals surface area (Å²) < 4.78 is 5.53. The lowest BCUT2D eigenvalue weighted by atomic mass is 9.60. The van der Waals surface area contributed by atoms with Gasteiger partial charge in [0.2, 0.25) is 0 Å². The van der Waals surface area contributed by atoms with Crippen LogP contribution in [-0.2, 0) is 4.74 Å². The maximum Gasteiger partial charge on any atom is 0.0892 e. The van der Waals surface area contributed by atoms with Crippen LogP contribution in [0.5, 0.6) is 0 Å². The van der Waals surface area contributed by atoms with Gasteiger partial charge in [-0.2, -0.15) is 5.26 Å². The highest BCUT2D eigenvalue weighted by Gasteiger charge is 2.62. The lowest BCUT2D eigenvalue weighted by Gasteiger charge is -2.48. The molecular weight excluding hydrogens is 214 g/mol. The molecule has 1 heterocycles. The third kappa shape index (κ3) is 1.47. The molecule has 3 heteroatoms. The van der Waals surface area contributed by atoms with E-state index in [-0.39, 0.29) is 6.10 Å². The van der Waals surface area contributed by atoms with Gasteiger partial charge >= 0.3 is 0 Å². The number of ether oxygens (including phenoxy) is 1. The quantitative estimate of drug-likeness (QED) is 0.758. The molecule has 1 N–H and O–H groups in total. The summed E-state index contributed by atoms with van der Waals surface area (Å²) >= 11 is 0. The number of fused-ring (bicyclic) bond motifs is 2. The molecule has 2 saturated carbocycles. The molecule has 17 heavy (non-hydrogen) atoms. The Bertz CT molecular complexity index is 364. The van der Waals surface area contributed by atoms with Gasteiger partial charge in [-0.25, -0.2) is 0 Å². The zero-order valence-corrected chi connectivity index (χ0v) is 10.5. The van der Waals surface area contributed by atoms with Gasteiger partial charge in [-0.3, -0.25) is 0 Å². The summed E-state index contributed by atoms with van der Waals surface area (Å²) in [6.45, 7) is 2.60. The number of nitrogens with zero attached hydrogens (tertiary/aromatic N) is 1. The van der Waals surface area contributed by atoms with Crippen LogP contribution in [-0.4, -0.2) is 23.4 Å². The Morgan fingerprint density at radius 1 is 1.35 bits per heavy atom. The van der Waals surface area contributed by atoms with Crippen LogP contribution >= 0.6 is 0 Å². The minimum atomic E-state index is -0.806. The largest absolute Gasteiger partial charge is 0.388 e. The second-order valence-electron chi connectivity index (χ2n) is 6.33. The van der Waals surface area contributed by atoms with Gasteiger partial charge in [0.15, 0.2) is 0 Å². The van der Waals surface area contributed by atoms with Gasteiger partial charge in [0.05, 0.1) is 23.2 Å². The SMILES string of the molecule is CC1CC(O)(C2(C#N)CC3CCC2C3)CCO1. The average Bonchev–Trinajstić information content (AvgIpc) is 2.88. The summed E-state index contributed by atoms with van der Waals surface area (Å²) in [6, 6.07) is 2.53. The molecule has 3 fully saturated rings. The molecule has 3 aliphatic rings. The van der Waals surface area contributed by atoms with Crippen LogP contribution in [0.2, 0.25) is 0 Å². The Hall–Kier alpha value is -0.590. The molecule has 3 nitrogen and oxygen atoms in total. The number of hydrogen-bond donors (Lipinski definition) is 1. The normalized spacial score (nSPS) is 53.6. The molecule has 5 atom stereocenters. The Kier molecular flexibility index (Phi) is 2.50. The topological polar surface area (TPSA) is 53.2 Å². The molecular formula is C14H21NO2. The minimum Gasteiger partial charge on any atom is -0.388 e. The number of nitriles is 1. The Morgan fingerprint density at radius 3 is 2.71 bits per heavy atom. The van der Waals surface area contributed by atoms with E-state index in [1.807, 2.05) is 6.92 Å². The van der Waals surface area contributed by atoms with Crippen LogP contribution in [0.15, 0.2) is 0 Å². The predicted molar refractivity (Wildman–Crippen MR) is 63.1 cm³/mol. The maximum absolute atomic E-state index is 11.0. The van der Waals surface area contributed by atoms with E-state index >= 15 is 0 Å². The van der Waals surface area contributed by atoms with Crippen LogP contribution in [0.4, 0.5) is 0 Å². The molecule has 0 aromatic carbocycles. The maximum atomic E-state index is 11.0. The lowest BCUT2D eigenvalue weighted by Crippen LogP contribution is -2.55. The fourth-order valence-corrected chi connectivity index (χ4v) is 4.61. The second-order valence-corrected chi connectivity index (χ2v) is 6.33. The van der Waals surface area contributed by atoms with Crippen molar-refractivity contribution in [1.29, 1.82) is 5.26 Å². The molecule has 0 spiro atoms. The van der Waals surface area contributed by atoms with Crippen molar-refractivity contribution in [2.45, 2.75) is 57.2 Å². The smallest absolute Gasteiger partial charge is 0.0892 e. The molecule has 0 aromatic rings. The minimum absolute atomic E-state index is 0.0816. The van der Waals surface area contributed by atoms with E-state index in [1.54, 1.807) is 0 Å². The Labute approximate surface area is 103 Å². The number of rotatable bonds is 1. The summed E-state index contributed by atoms with van der Waals surface area (Å²) in [5.41, 5.74) is -1.28. The van der Waals surface area contributed by atoms with E-state index in [0.717, 1.165) is 19.3 Å². The molecule has 94 valence electrons. The second kappa shape index (κ2) is 3.70. The van der Waals surface area contributed by atoms with Crippen molar-refractivity contribution in [2.75, 3.05) is 6.61 Å². The molecule has 0 radical (unpaired) electrons. The van der Waals surface area contributed by atoms with Crippen molar-refractivity contribution < 1.29 is 9.84 Å². The van der Waals surface area contributed by atoms with E-state index in [1.165, 1.54) is 6.42 Å². The highest BCUT2D eigenvalue weighted by Crippen LogP contribution is 2.62. The predicted octanol–water partition coefficient (Wildman–Crippen LogP) is 2.25. The van der Waals surface area contributed by atoms with E-state index in [0.29, 0.717) is 31.3 Å². The number of aliphatic hydroxyl groups is 1. The summed E-state index contributed by atoms with van der Waals surface area (Å²) in [4.78, 5) is 0. The van der Waals surface area contributed by atoms with Crippen LogP contribution in [0.1, 0.15) is 45.4 Å². The van der Waals surface area contributed by atoms with Crippen LogP contribution in [0.3, 0.4) is 0 Å². The highest BCUT2D eigenvalue weighted by atomic mass is 16.5. The molecule has 1 aliphatic heterocycles. The first kappa shape index (κ1) is 11.5. The van der Waals surface area contributed by atoms with Crippen LogP contribution in [0, 0.1) is 28.6 Å². The third-order valence-corrected chi connectivity index (χ3v) is 5.42. The first-order valence-corrected chi connectivity index (χ1v) is 6.85. The van der Waals surface area contributed by atoms with E-state index in [9.17, 15) is 10.4 Å². The lowest BCUT2D eigenvalue weighted by molar-refractivity contribution is -0.161. The van der Waals surface area contributed by atoms with Crippen LogP contribution < -0.4 is 0 Å². The molecule has 1 saturated heterocycles. The van der Waals surface area contributed by atoms with E-state index in [4.69, 9.17) is 4.74 Å². The average molecular weight is 235 g/mol. The van der Waals surface area contributed by atoms with Crippen molar-refractivity contribution in [2.24, 2.45) is 17.3 Å². The standard InChI is InChI=1S/C14H21NO2/c1-10-7-14(16,4-5-17-10)13(9-15)8-11-2-3-12(13)6-11/h10-12,16H,2-8H2,1H3. The zero-order valence-electron chi connectivity index (χ0n) is 10.5. The van der Waals surface area contributed by atoms with Crippen molar-refractivity contribution in [1.82, 2.24) is 0 Å². The zero-order chi connectivity index (χ0) is 12.1. The van der Waals surface area contributed by atoms with Gasteiger partial charge in [0.25, 0.3) is 0 Å². The molecule has 5 unspecified atom stereocenters. The van der Waals surface area contributed by atoms with Crippen molar-refractivity contribution >= 4 is 0 Å². The van der Waals surface area contributed by atoms with Crippen molar-refractivity contribution in [3.05, 3.63) is 0 Å². The van der Waals surface area contributed by atoms with Gasteiger partial charge in [0, 0.05) is 19.4 Å². The van der Waals surface area contributed by atoms with Gasteiger partial charge in [0.1, 0.15) is 0 Å². The summed E-state index contributed by atoms with van der Waals surface area (Å²) in [7, 11) is 0. The molecule has 2 bridgehead atoms. The fourth-order valence-electron chi connectivity index (χ4n) is 4.61. The molecule has 2 aliphatic carbocycles.